The summed E-state index contributed by atoms with van der Waals surface area (Å²) >= 11 is 5.79. The first-order chi connectivity index (χ1) is 17.7. The summed E-state index contributed by atoms with van der Waals surface area (Å²) < 4.78 is 0. The number of piperidine rings is 1. The van der Waals surface area contributed by atoms with Gasteiger partial charge in [0.2, 0.25) is 0 Å². The maximum atomic E-state index is 5.79. The van der Waals surface area contributed by atoms with E-state index in [0.717, 1.165) is 30.1 Å². The number of nitrogens with zero attached hydrogens (tertiary/aromatic N) is 2. The van der Waals surface area contributed by atoms with Crippen LogP contribution in [-0.4, -0.2) is 46.5 Å². The summed E-state index contributed by atoms with van der Waals surface area (Å²) in [5, 5.41) is 0. The Bertz CT molecular complexity index is 1160. The van der Waals surface area contributed by atoms with Crippen molar-refractivity contribution in [2.75, 3.05) is 19.6 Å². The van der Waals surface area contributed by atoms with Gasteiger partial charge < -0.3 is 4.90 Å². The van der Waals surface area contributed by atoms with Crippen LogP contribution < -0.4 is 0 Å². The average Bonchev–Trinajstić information content (AvgIpc) is 3.17. The van der Waals surface area contributed by atoms with Crippen LogP contribution in [0.1, 0.15) is 61.8 Å². The SMILES string of the molecule is CCN(CC)C(=S)c1ccc(C(=C2C[C@H]3CC[C@@H](C2)N3CCc2ccccc2)c2ccccc2)cc1. The van der Waals surface area contributed by atoms with Crippen molar-refractivity contribution in [3.05, 3.63) is 113 Å². The molecule has 0 aliphatic carbocycles. The van der Waals surface area contributed by atoms with E-state index in [1.54, 1.807) is 5.57 Å². The first-order valence-electron chi connectivity index (χ1n) is 13.6. The zero-order valence-corrected chi connectivity index (χ0v) is 22.5. The van der Waals surface area contributed by atoms with Crippen molar-refractivity contribution in [2.24, 2.45) is 0 Å². The second-order valence-corrected chi connectivity index (χ2v) is 10.6. The zero-order chi connectivity index (χ0) is 24.9. The topological polar surface area (TPSA) is 6.48 Å². The molecule has 5 rings (SSSR count). The van der Waals surface area contributed by atoms with Crippen LogP contribution in [0, 0.1) is 0 Å². The number of hydrogen-bond acceptors (Lipinski definition) is 2. The van der Waals surface area contributed by atoms with E-state index in [4.69, 9.17) is 12.2 Å². The fraction of sp³-hybridized carbons (Fsp3) is 0.364. The average molecular weight is 495 g/mol. The molecule has 2 fully saturated rings. The summed E-state index contributed by atoms with van der Waals surface area (Å²) in [4.78, 5) is 6.01. The van der Waals surface area contributed by atoms with Crippen molar-refractivity contribution in [3.63, 3.8) is 0 Å². The molecule has 0 saturated carbocycles. The van der Waals surface area contributed by atoms with E-state index >= 15 is 0 Å². The van der Waals surface area contributed by atoms with Crippen molar-refractivity contribution in [1.29, 1.82) is 0 Å². The fourth-order valence-corrected chi connectivity index (χ4v) is 6.62. The minimum Gasteiger partial charge on any atom is -0.363 e. The Balaban J connectivity index is 1.41. The van der Waals surface area contributed by atoms with E-state index in [2.05, 4.69) is 109 Å². The fourth-order valence-electron chi connectivity index (χ4n) is 6.23. The standard InChI is InChI=1S/C33H38N2S/c1-3-34(4-2)33(36)28-17-15-27(16-18-28)32(26-13-9-6-10-14-26)29-23-30-19-20-31(24-29)35(30)22-21-25-11-7-5-8-12-25/h5-18,30-31H,3-4,19-24H2,1-2H3/t30-,31+. The lowest BCUT2D eigenvalue weighted by atomic mass is 9.85. The molecule has 2 atom stereocenters. The summed E-state index contributed by atoms with van der Waals surface area (Å²) in [5.41, 5.74) is 8.32. The van der Waals surface area contributed by atoms with Gasteiger partial charge in [-0.1, -0.05) is 103 Å². The van der Waals surface area contributed by atoms with Crippen molar-refractivity contribution in [2.45, 2.75) is 58.0 Å². The number of fused-ring (bicyclic) bond motifs is 2. The van der Waals surface area contributed by atoms with E-state index < -0.39 is 0 Å². The van der Waals surface area contributed by atoms with Gasteiger partial charge in [0.05, 0.1) is 0 Å². The summed E-state index contributed by atoms with van der Waals surface area (Å²) in [5.74, 6) is 0. The monoisotopic (exact) mass is 494 g/mol. The molecule has 2 nitrogen and oxygen atoms in total. The summed E-state index contributed by atoms with van der Waals surface area (Å²) in [6.07, 6.45) is 6.14. The van der Waals surface area contributed by atoms with Crippen LogP contribution in [0.15, 0.2) is 90.5 Å². The van der Waals surface area contributed by atoms with Crippen LogP contribution >= 0.6 is 12.2 Å². The summed E-state index contributed by atoms with van der Waals surface area (Å²) in [7, 11) is 0. The van der Waals surface area contributed by atoms with Gasteiger partial charge in [-0.2, -0.15) is 0 Å². The third-order valence-electron chi connectivity index (χ3n) is 8.12. The maximum Gasteiger partial charge on any atom is 0.109 e. The molecule has 2 aliphatic heterocycles. The second-order valence-electron chi connectivity index (χ2n) is 10.2. The Morgan fingerprint density at radius 1 is 0.750 bits per heavy atom. The molecule has 0 unspecified atom stereocenters. The molecule has 3 aromatic rings. The first-order valence-corrected chi connectivity index (χ1v) is 14.1. The molecule has 2 bridgehead atoms. The van der Waals surface area contributed by atoms with Gasteiger partial charge in [0.1, 0.15) is 4.99 Å². The minimum absolute atomic E-state index is 0.663. The van der Waals surface area contributed by atoms with Gasteiger partial charge in [-0.25, -0.2) is 0 Å². The number of hydrogen-bond donors (Lipinski definition) is 0. The first kappa shape index (κ1) is 24.9. The Kier molecular flexibility index (Phi) is 7.99. The summed E-state index contributed by atoms with van der Waals surface area (Å²) in [6, 6.07) is 32.3. The van der Waals surface area contributed by atoms with E-state index in [-0.39, 0.29) is 0 Å². The van der Waals surface area contributed by atoms with E-state index in [0.29, 0.717) is 12.1 Å². The van der Waals surface area contributed by atoms with Crippen molar-refractivity contribution in [3.8, 4) is 0 Å². The summed E-state index contributed by atoms with van der Waals surface area (Å²) in [6.45, 7) is 7.40. The third kappa shape index (κ3) is 5.33. The Morgan fingerprint density at radius 3 is 1.86 bits per heavy atom. The third-order valence-corrected chi connectivity index (χ3v) is 8.62. The van der Waals surface area contributed by atoms with E-state index in [1.165, 1.54) is 54.5 Å². The van der Waals surface area contributed by atoms with E-state index in [1.807, 2.05) is 0 Å². The van der Waals surface area contributed by atoms with Crippen LogP contribution in [0.3, 0.4) is 0 Å². The van der Waals surface area contributed by atoms with Crippen molar-refractivity contribution >= 4 is 22.8 Å². The molecule has 3 aromatic carbocycles. The molecule has 0 radical (unpaired) electrons. The lowest BCUT2D eigenvalue weighted by molar-refractivity contribution is 0.168. The Hall–Kier alpha value is -2.75. The van der Waals surface area contributed by atoms with E-state index in [9.17, 15) is 0 Å². The molecular weight excluding hydrogens is 456 g/mol. The zero-order valence-electron chi connectivity index (χ0n) is 21.7. The van der Waals surface area contributed by atoms with Crippen LogP contribution in [0.2, 0.25) is 0 Å². The minimum atomic E-state index is 0.663. The highest BCUT2D eigenvalue weighted by Gasteiger charge is 2.39. The van der Waals surface area contributed by atoms with Gasteiger partial charge in [0.25, 0.3) is 0 Å². The molecule has 0 amide bonds. The van der Waals surface area contributed by atoms with Gasteiger partial charge in [-0.05, 0) is 68.2 Å². The highest BCUT2D eigenvalue weighted by Crippen LogP contribution is 2.43. The molecule has 2 aliphatic rings. The normalized spacial score (nSPS) is 20.8. The number of thiocarbonyl (C=S) groups is 1. The molecule has 0 aromatic heterocycles. The van der Waals surface area contributed by atoms with Gasteiger partial charge in [0, 0.05) is 37.3 Å². The van der Waals surface area contributed by atoms with Crippen molar-refractivity contribution in [1.82, 2.24) is 9.80 Å². The van der Waals surface area contributed by atoms with Gasteiger partial charge >= 0.3 is 0 Å². The van der Waals surface area contributed by atoms with Crippen LogP contribution in [0.5, 0.6) is 0 Å². The highest BCUT2D eigenvalue weighted by atomic mass is 32.1. The Morgan fingerprint density at radius 2 is 1.28 bits per heavy atom. The van der Waals surface area contributed by atoms with Crippen molar-refractivity contribution < 1.29 is 0 Å². The lowest BCUT2D eigenvalue weighted by Gasteiger charge is -2.37. The predicted molar refractivity (Wildman–Crippen MR) is 156 cm³/mol. The van der Waals surface area contributed by atoms with Gasteiger partial charge in [-0.15, -0.1) is 0 Å². The number of benzene rings is 3. The Labute approximate surface area is 222 Å². The maximum absolute atomic E-state index is 5.79. The number of rotatable bonds is 8. The predicted octanol–water partition coefficient (Wildman–Crippen LogP) is 7.38. The molecule has 0 N–H and O–H groups in total. The molecule has 36 heavy (non-hydrogen) atoms. The lowest BCUT2D eigenvalue weighted by Crippen LogP contribution is -2.41. The molecule has 0 spiro atoms. The van der Waals surface area contributed by atoms with Crippen LogP contribution in [0.25, 0.3) is 5.57 Å². The van der Waals surface area contributed by atoms with Crippen LogP contribution in [0.4, 0.5) is 0 Å². The van der Waals surface area contributed by atoms with Crippen LogP contribution in [-0.2, 0) is 6.42 Å². The molecule has 2 heterocycles. The van der Waals surface area contributed by atoms with Gasteiger partial charge in [-0.3, -0.25) is 4.90 Å². The smallest absolute Gasteiger partial charge is 0.109 e. The highest BCUT2D eigenvalue weighted by molar-refractivity contribution is 7.80. The second kappa shape index (κ2) is 11.5. The molecule has 2 saturated heterocycles. The van der Waals surface area contributed by atoms with Gasteiger partial charge in [0.15, 0.2) is 0 Å². The molecular formula is C33H38N2S. The molecule has 186 valence electrons. The quantitative estimate of drug-likeness (QED) is 0.302. The molecule has 3 heteroatoms. The largest absolute Gasteiger partial charge is 0.363 e.